The SMILES string of the molecule is NC(=O)c1ncn(-c2cccc(-c3ccccc3OCC(F)(F)F)c2)n1. The van der Waals surface area contributed by atoms with Crippen LogP contribution in [0.4, 0.5) is 13.2 Å². The van der Waals surface area contributed by atoms with Gasteiger partial charge in [-0.25, -0.2) is 9.67 Å². The van der Waals surface area contributed by atoms with Crippen molar-refractivity contribution < 1.29 is 22.7 Å². The fourth-order valence-corrected chi connectivity index (χ4v) is 2.31. The van der Waals surface area contributed by atoms with Crippen molar-refractivity contribution >= 4 is 5.91 Å². The van der Waals surface area contributed by atoms with Gasteiger partial charge in [0.05, 0.1) is 5.69 Å². The number of para-hydroxylation sites is 1. The smallest absolute Gasteiger partial charge is 0.422 e. The Morgan fingerprint density at radius 1 is 1.15 bits per heavy atom. The van der Waals surface area contributed by atoms with Crippen LogP contribution in [0, 0.1) is 0 Å². The molecule has 1 heterocycles. The van der Waals surface area contributed by atoms with E-state index in [0.29, 0.717) is 16.8 Å². The number of nitrogens with zero attached hydrogens (tertiary/aromatic N) is 3. The molecule has 0 unspecified atom stereocenters. The number of primary amides is 1. The summed E-state index contributed by atoms with van der Waals surface area (Å²) in [5, 5.41) is 3.96. The number of benzene rings is 2. The first kappa shape index (κ1) is 17.5. The second-order valence-corrected chi connectivity index (χ2v) is 5.33. The van der Waals surface area contributed by atoms with E-state index in [1.807, 2.05) is 0 Å². The largest absolute Gasteiger partial charge is 0.483 e. The lowest BCUT2D eigenvalue weighted by Gasteiger charge is -2.13. The minimum Gasteiger partial charge on any atom is -0.483 e. The first-order valence-corrected chi connectivity index (χ1v) is 7.44. The van der Waals surface area contributed by atoms with Crippen LogP contribution < -0.4 is 10.5 Å². The number of carbonyl (C=O) groups is 1. The molecule has 0 spiro atoms. The second-order valence-electron chi connectivity index (χ2n) is 5.33. The van der Waals surface area contributed by atoms with Crippen LogP contribution in [0.15, 0.2) is 54.9 Å². The minimum absolute atomic E-state index is 0.110. The molecular weight excluding hydrogens is 349 g/mol. The summed E-state index contributed by atoms with van der Waals surface area (Å²) in [6.45, 7) is -1.38. The molecule has 0 aliphatic rings. The summed E-state index contributed by atoms with van der Waals surface area (Å²) in [6, 6.07) is 13.2. The van der Waals surface area contributed by atoms with E-state index in [0.717, 1.165) is 0 Å². The number of carbonyl (C=O) groups excluding carboxylic acids is 1. The van der Waals surface area contributed by atoms with E-state index in [-0.39, 0.29) is 11.6 Å². The molecule has 0 bridgehead atoms. The Morgan fingerprint density at radius 3 is 2.62 bits per heavy atom. The summed E-state index contributed by atoms with van der Waals surface area (Å²) in [5.41, 5.74) is 6.81. The van der Waals surface area contributed by atoms with E-state index in [2.05, 4.69) is 10.1 Å². The molecule has 1 amide bonds. The molecule has 26 heavy (non-hydrogen) atoms. The average Bonchev–Trinajstić information content (AvgIpc) is 3.10. The molecule has 2 aromatic carbocycles. The highest BCUT2D eigenvalue weighted by molar-refractivity contribution is 5.88. The van der Waals surface area contributed by atoms with Gasteiger partial charge in [0, 0.05) is 5.56 Å². The Balaban J connectivity index is 1.94. The van der Waals surface area contributed by atoms with Crippen LogP contribution in [0.3, 0.4) is 0 Å². The van der Waals surface area contributed by atoms with Gasteiger partial charge in [0.25, 0.3) is 5.91 Å². The van der Waals surface area contributed by atoms with Crippen LogP contribution in [0.25, 0.3) is 16.8 Å². The molecule has 3 aromatic rings. The van der Waals surface area contributed by atoms with E-state index in [1.54, 1.807) is 42.5 Å². The number of ether oxygens (including phenoxy) is 1. The molecule has 1 aromatic heterocycles. The lowest BCUT2D eigenvalue weighted by atomic mass is 10.0. The van der Waals surface area contributed by atoms with Crippen molar-refractivity contribution in [3.05, 3.63) is 60.7 Å². The number of halogens is 3. The Morgan fingerprint density at radius 2 is 1.92 bits per heavy atom. The maximum Gasteiger partial charge on any atom is 0.422 e. The number of alkyl halides is 3. The standard InChI is InChI=1S/C17H13F3N4O2/c18-17(19,20)9-26-14-7-2-1-6-13(14)11-4-3-5-12(8-11)24-10-22-16(23-24)15(21)25/h1-8,10H,9H2,(H2,21,25). The molecule has 134 valence electrons. The molecule has 0 saturated carbocycles. The molecule has 0 radical (unpaired) electrons. The molecule has 0 fully saturated rings. The number of nitrogens with two attached hydrogens (primary N) is 1. The normalized spacial score (nSPS) is 11.3. The minimum atomic E-state index is -4.43. The second kappa shape index (κ2) is 6.87. The highest BCUT2D eigenvalue weighted by Gasteiger charge is 2.28. The van der Waals surface area contributed by atoms with Gasteiger partial charge in [0.1, 0.15) is 12.1 Å². The van der Waals surface area contributed by atoms with Gasteiger partial charge < -0.3 is 10.5 Å². The van der Waals surface area contributed by atoms with Crippen molar-refractivity contribution in [1.82, 2.24) is 14.8 Å². The summed E-state index contributed by atoms with van der Waals surface area (Å²) in [5.74, 6) is -0.784. The number of rotatable bonds is 5. The third-order valence-electron chi connectivity index (χ3n) is 3.41. The van der Waals surface area contributed by atoms with Crippen LogP contribution in [0.2, 0.25) is 0 Å². The van der Waals surface area contributed by atoms with Crippen LogP contribution in [0.1, 0.15) is 10.6 Å². The maximum atomic E-state index is 12.4. The maximum absolute atomic E-state index is 12.4. The van der Waals surface area contributed by atoms with Gasteiger partial charge in [-0.15, -0.1) is 5.10 Å². The number of hydrogen-bond donors (Lipinski definition) is 1. The molecule has 0 atom stereocenters. The Bertz CT molecular complexity index is 938. The zero-order chi connectivity index (χ0) is 18.7. The van der Waals surface area contributed by atoms with Crippen LogP contribution in [-0.4, -0.2) is 33.5 Å². The van der Waals surface area contributed by atoms with Crippen molar-refractivity contribution in [2.24, 2.45) is 5.73 Å². The molecule has 2 N–H and O–H groups in total. The van der Waals surface area contributed by atoms with Crippen LogP contribution in [0.5, 0.6) is 5.75 Å². The van der Waals surface area contributed by atoms with E-state index in [9.17, 15) is 18.0 Å². The van der Waals surface area contributed by atoms with Gasteiger partial charge in [-0.2, -0.15) is 13.2 Å². The summed E-state index contributed by atoms with van der Waals surface area (Å²) in [6.07, 6.45) is -3.11. The van der Waals surface area contributed by atoms with E-state index in [4.69, 9.17) is 10.5 Å². The molecular formula is C17H13F3N4O2. The van der Waals surface area contributed by atoms with Gasteiger partial charge >= 0.3 is 6.18 Å². The highest BCUT2D eigenvalue weighted by Crippen LogP contribution is 2.32. The third kappa shape index (κ3) is 4.00. The van der Waals surface area contributed by atoms with Gasteiger partial charge in [-0.3, -0.25) is 4.79 Å². The molecule has 0 saturated heterocycles. The summed E-state index contributed by atoms with van der Waals surface area (Å²) in [4.78, 5) is 14.9. The Hall–Kier alpha value is -3.36. The number of aromatic nitrogens is 3. The zero-order valence-corrected chi connectivity index (χ0v) is 13.3. The molecule has 6 nitrogen and oxygen atoms in total. The number of hydrogen-bond acceptors (Lipinski definition) is 4. The predicted octanol–water partition coefficient (Wildman–Crippen LogP) is 2.97. The van der Waals surface area contributed by atoms with Gasteiger partial charge in [-0.05, 0) is 23.8 Å². The topological polar surface area (TPSA) is 83.0 Å². The lowest BCUT2D eigenvalue weighted by Crippen LogP contribution is -2.19. The average molecular weight is 362 g/mol. The zero-order valence-electron chi connectivity index (χ0n) is 13.3. The third-order valence-corrected chi connectivity index (χ3v) is 3.41. The van der Waals surface area contributed by atoms with Crippen molar-refractivity contribution in [3.63, 3.8) is 0 Å². The monoisotopic (exact) mass is 362 g/mol. The summed E-state index contributed by atoms with van der Waals surface area (Å²) < 4.78 is 43.6. The fourth-order valence-electron chi connectivity index (χ4n) is 2.31. The first-order chi connectivity index (χ1) is 12.3. The van der Waals surface area contributed by atoms with Crippen molar-refractivity contribution in [2.45, 2.75) is 6.18 Å². The highest BCUT2D eigenvalue weighted by atomic mass is 19.4. The molecule has 0 aliphatic carbocycles. The Kier molecular flexibility index (Phi) is 4.61. The summed E-state index contributed by atoms with van der Waals surface area (Å²) >= 11 is 0. The molecule has 3 rings (SSSR count). The lowest BCUT2D eigenvalue weighted by molar-refractivity contribution is -0.153. The number of amides is 1. The van der Waals surface area contributed by atoms with Crippen molar-refractivity contribution in [3.8, 4) is 22.6 Å². The van der Waals surface area contributed by atoms with Gasteiger partial charge in [0.2, 0.25) is 5.82 Å². The van der Waals surface area contributed by atoms with E-state index >= 15 is 0 Å². The molecule has 0 aliphatic heterocycles. The van der Waals surface area contributed by atoms with Crippen molar-refractivity contribution in [2.75, 3.05) is 6.61 Å². The van der Waals surface area contributed by atoms with E-state index in [1.165, 1.54) is 17.1 Å². The van der Waals surface area contributed by atoms with E-state index < -0.39 is 18.7 Å². The fraction of sp³-hybridized carbons (Fsp3) is 0.118. The first-order valence-electron chi connectivity index (χ1n) is 7.44. The summed E-state index contributed by atoms with van der Waals surface area (Å²) in [7, 11) is 0. The van der Waals surface area contributed by atoms with Crippen LogP contribution in [-0.2, 0) is 0 Å². The predicted molar refractivity (Wildman–Crippen MR) is 86.9 cm³/mol. The van der Waals surface area contributed by atoms with Crippen LogP contribution >= 0.6 is 0 Å². The molecule has 9 heteroatoms. The van der Waals surface area contributed by atoms with Crippen molar-refractivity contribution in [1.29, 1.82) is 0 Å². The quantitative estimate of drug-likeness (QED) is 0.756. The van der Waals surface area contributed by atoms with Gasteiger partial charge in [-0.1, -0.05) is 30.3 Å². The van der Waals surface area contributed by atoms with Gasteiger partial charge in [0.15, 0.2) is 6.61 Å². The Labute approximate surface area is 146 Å².